The fourth-order valence-electron chi connectivity index (χ4n) is 3.02. The Hall–Kier alpha value is -1.11. The van der Waals surface area contributed by atoms with E-state index in [2.05, 4.69) is 0 Å². The zero-order valence-electron chi connectivity index (χ0n) is 12.2. The van der Waals surface area contributed by atoms with Crippen molar-refractivity contribution in [2.45, 2.75) is 43.1 Å². The summed E-state index contributed by atoms with van der Waals surface area (Å²) < 4.78 is 32.6. The summed E-state index contributed by atoms with van der Waals surface area (Å²) in [6, 6.07) is 5.29. The number of benzene rings is 1. The predicted molar refractivity (Wildman–Crippen MR) is 78.9 cm³/mol. The first-order valence-electron chi connectivity index (χ1n) is 7.43. The molecule has 1 aromatic rings. The Balaban J connectivity index is 1.87. The van der Waals surface area contributed by atoms with Crippen LogP contribution >= 0.6 is 0 Å². The summed E-state index contributed by atoms with van der Waals surface area (Å²) in [6.07, 6.45) is 2.39. The molecule has 1 aromatic carbocycles. The van der Waals surface area contributed by atoms with Gasteiger partial charge in [-0.15, -0.1) is 0 Å². The molecular weight excluding hydrogens is 290 g/mol. The van der Waals surface area contributed by atoms with Gasteiger partial charge in [0.15, 0.2) is 0 Å². The summed E-state index contributed by atoms with van der Waals surface area (Å²) in [7, 11) is -3.55. The summed E-state index contributed by atoms with van der Waals surface area (Å²) in [4.78, 5) is 0.263. The van der Waals surface area contributed by atoms with Gasteiger partial charge < -0.3 is 9.84 Å². The highest BCUT2D eigenvalue weighted by molar-refractivity contribution is 7.89. The van der Waals surface area contributed by atoms with E-state index >= 15 is 0 Å². The number of hydrogen-bond donors (Lipinski definition) is 1. The molecule has 0 aromatic heterocycles. The molecule has 0 atom stereocenters. The predicted octanol–water partition coefficient (Wildman–Crippen LogP) is 1.55. The number of aliphatic hydroxyl groups is 1. The van der Waals surface area contributed by atoms with Crippen molar-refractivity contribution in [1.29, 1.82) is 0 Å². The van der Waals surface area contributed by atoms with E-state index in [1.807, 2.05) is 13.0 Å². The summed E-state index contributed by atoms with van der Waals surface area (Å²) >= 11 is 0. The molecule has 1 fully saturated rings. The minimum atomic E-state index is -3.55. The van der Waals surface area contributed by atoms with Crippen molar-refractivity contribution in [3.63, 3.8) is 0 Å². The lowest BCUT2D eigenvalue weighted by Crippen LogP contribution is -2.46. The third-order valence-electron chi connectivity index (χ3n) is 4.61. The van der Waals surface area contributed by atoms with E-state index in [1.54, 1.807) is 12.1 Å². The van der Waals surface area contributed by atoms with Crippen molar-refractivity contribution in [2.24, 2.45) is 0 Å². The molecule has 0 radical (unpaired) electrons. The highest BCUT2D eigenvalue weighted by Crippen LogP contribution is 2.36. The van der Waals surface area contributed by atoms with Crippen LogP contribution in [0.2, 0.25) is 0 Å². The Kier molecular flexibility index (Phi) is 3.71. The second kappa shape index (κ2) is 5.26. The van der Waals surface area contributed by atoms with Crippen LogP contribution < -0.4 is 4.74 Å². The van der Waals surface area contributed by atoms with E-state index in [1.165, 1.54) is 4.31 Å². The molecule has 1 saturated heterocycles. The monoisotopic (exact) mass is 311 g/mol. The lowest BCUT2D eigenvalue weighted by atomic mass is 9.90. The van der Waals surface area contributed by atoms with Gasteiger partial charge in [-0.3, -0.25) is 0 Å². The highest BCUT2D eigenvalue weighted by Gasteiger charge is 2.37. The summed E-state index contributed by atoms with van der Waals surface area (Å²) in [6.45, 7) is 3.19. The first-order chi connectivity index (χ1) is 9.96. The lowest BCUT2D eigenvalue weighted by Gasteiger charge is -2.37. The molecule has 2 aliphatic rings. The SMILES string of the molecule is CCC1(O)CCN(S(=O)(=O)c2cccc3c2OCC3)CC1. The molecular formula is C15H21NO4S. The molecule has 0 bridgehead atoms. The van der Waals surface area contributed by atoms with Crippen LogP contribution in [0.4, 0.5) is 0 Å². The number of piperidine rings is 1. The van der Waals surface area contributed by atoms with Crippen molar-refractivity contribution in [3.05, 3.63) is 23.8 Å². The van der Waals surface area contributed by atoms with Gasteiger partial charge >= 0.3 is 0 Å². The van der Waals surface area contributed by atoms with Gasteiger partial charge in [0.25, 0.3) is 0 Å². The Bertz CT molecular complexity index is 633. The van der Waals surface area contributed by atoms with Crippen LogP contribution in [0, 0.1) is 0 Å². The number of hydrogen-bond acceptors (Lipinski definition) is 4. The number of para-hydroxylation sites is 1. The van der Waals surface area contributed by atoms with Crippen LogP contribution in [-0.4, -0.2) is 43.1 Å². The molecule has 0 amide bonds. The molecule has 21 heavy (non-hydrogen) atoms. The largest absolute Gasteiger partial charge is 0.492 e. The molecule has 6 heteroatoms. The van der Waals surface area contributed by atoms with Crippen molar-refractivity contribution in [1.82, 2.24) is 4.31 Å². The minimum absolute atomic E-state index is 0.263. The lowest BCUT2D eigenvalue weighted by molar-refractivity contribution is -0.00803. The van der Waals surface area contributed by atoms with Gasteiger partial charge in [0.05, 0.1) is 12.2 Å². The van der Waals surface area contributed by atoms with Crippen molar-refractivity contribution < 1.29 is 18.3 Å². The Morgan fingerprint density at radius 2 is 2.05 bits per heavy atom. The zero-order chi connectivity index (χ0) is 15.1. The molecule has 0 saturated carbocycles. The first kappa shape index (κ1) is 14.8. The van der Waals surface area contributed by atoms with Crippen LogP contribution in [0.15, 0.2) is 23.1 Å². The van der Waals surface area contributed by atoms with Gasteiger partial charge in [-0.25, -0.2) is 8.42 Å². The van der Waals surface area contributed by atoms with Crippen LogP contribution in [0.25, 0.3) is 0 Å². The summed E-state index contributed by atoms with van der Waals surface area (Å²) in [5, 5.41) is 10.2. The topological polar surface area (TPSA) is 66.8 Å². The molecule has 2 heterocycles. The van der Waals surface area contributed by atoms with Crippen LogP contribution in [-0.2, 0) is 16.4 Å². The summed E-state index contributed by atoms with van der Waals surface area (Å²) in [5.74, 6) is 0.508. The first-order valence-corrected chi connectivity index (χ1v) is 8.87. The third-order valence-corrected chi connectivity index (χ3v) is 6.53. The maximum absolute atomic E-state index is 12.8. The molecule has 0 unspecified atom stereocenters. The number of ether oxygens (including phenoxy) is 1. The average molecular weight is 311 g/mol. The van der Waals surface area contributed by atoms with Crippen molar-refractivity contribution >= 4 is 10.0 Å². The van der Waals surface area contributed by atoms with Crippen LogP contribution in [0.1, 0.15) is 31.7 Å². The van der Waals surface area contributed by atoms with Gasteiger partial charge in [0, 0.05) is 19.5 Å². The zero-order valence-corrected chi connectivity index (χ0v) is 13.0. The number of fused-ring (bicyclic) bond motifs is 1. The Morgan fingerprint density at radius 1 is 1.33 bits per heavy atom. The quantitative estimate of drug-likeness (QED) is 0.919. The van der Waals surface area contributed by atoms with Gasteiger partial charge in [0.2, 0.25) is 10.0 Å². The van der Waals surface area contributed by atoms with Crippen LogP contribution in [0.3, 0.4) is 0 Å². The van der Waals surface area contributed by atoms with E-state index in [-0.39, 0.29) is 4.90 Å². The molecule has 3 rings (SSSR count). The van der Waals surface area contributed by atoms with Gasteiger partial charge in [-0.05, 0) is 30.9 Å². The normalized spacial score (nSPS) is 21.8. The third kappa shape index (κ3) is 2.56. The minimum Gasteiger partial charge on any atom is -0.492 e. The molecule has 2 aliphatic heterocycles. The Morgan fingerprint density at radius 3 is 2.71 bits per heavy atom. The second-order valence-electron chi connectivity index (χ2n) is 5.82. The number of rotatable bonds is 3. The van der Waals surface area contributed by atoms with Gasteiger partial charge in [0.1, 0.15) is 10.6 Å². The molecule has 1 N–H and O–H groups in total. The summed E-state index contributed by atoms with van der Waals surface area (Å²) in [5.41, 5.74) is 0.236. The van der Waals surface area contributed by atoms with Crippen molar-refractivity contribution in [2.75, 3.05) is 19.7 Å². The number of sulfonamides is 1. The number of nitrogens with zero attached hydrogens (tertiary/aromatic N) is 1. The smallest absolute Gasteiger partial charge is 0.246 e. The molecule has 0 aliphatic carbocycles. The molecule has 0 spiro atoms. The van der Waals surface area contributed by atoms with Gasteiger partial charge in [-0.2, -0.15) is 4.31 Å². The van der Waals surface area contributed by atoms with Crippen LogP contribution in [0.5, 0.6) is 5.75 Å². The van der Waals surface area contributed by atoms with Crippen molar-refractivity contribution in [3.8, 4) is 5.75 Å². The fourth-order valence-corrected chi connectivity index (χ4v) is 4.64. The Labute approximate surface area is 125 Å². The van der Waals surface area contributed by atoms with Gasteiger partial charge in [-0.1, -0.05) is 19.1 Å². The second-order valence-corrected chi connectivity index (χ2v) is 7.73. The maximum atomic E-state index is 12.8. The van der Waals surface area contributed by atoms with E-state index in [4.69, 9.17) is 4.74 Å². The maximum Gasteiger partial charge on any atom is 0.246 e. The van der Waals surface area contributed by atoms with E-state index in [0.29, 0.717) is 44.7 Å². The standard InChI is InChI=1S/C15H21NO4S/c1-2-15(17)7-9-16(10-8-15)21(18,19)13-5-3-4-12-6-11-20-14(12)13/h3-5,17H,2,6-11H2,1H3. The van der Waals surface area contributed by atoms with E-state index in [9.17, 15) is 13.5 Å². The van der Waals surface area contributed by atoms with E-state index in [0.717, 1.165) is 12.0 Å². The molecule has 116 valence electrons. The highest BCUT2D eigenvalue weighted by atomic mass is 32.2. The molecule has 5 nitrogen and oxygen atoms in total. The van der Waals surface area contributed by atoms with E-state index < -0.39 is 15.6 Å². The average Bonchev–Trinajstić information content (AvgIpc) is 2.96. The fraction of sp³-hybridized carbons (Fsp3) is 0.600.